The van der Waals surface area contributed by atoms with Crippen molar-refractivity contribution in [2.45, 2.75) is 11.8 Å². The Bertz CT molecular complexity index is 792. The molecule has 0 aromatic heterocycles. The van der Waals surface area contributed by atoms with Crippen LogP contribution in [0.3, 0.4) is 0 Å². The van der Waals surface area contributed by atoms with Crippen molar-refractivity contribution in [3.8, 4) is 0 Å². The standard InChI is InChI=1S/C15H13NO4S.Na/c17-15(11-6-2-1-3-7-11)16-13-9-5-4-8-12(13)10-14(16)21(18,19)20;/h1-9,14H,10H2,(H,18,19,20);/q;+1/p-1. The first kappa shape index (κ1) is 17.2. The summed E-state index contributed by atoms with van der Waals surface area (Å²) in [4.78, 5) is 13.7. The van der Waals surface area contributed by atoms with Crippen molar-refractivity contribution in [3.63, 3.8) is 0 Å². The van der Waals surface area contributed by atoms with Gasteiger partial charge in [0, 0.05) is 17.7 Å². The number of rotatable bonds is 2. The summed E-state index contributed by atoms with van der Waals surface area (Å²) in [5.74, 6) is -0.482. The summed E-state index contributed by atoms with van der Waals surface area (Å²) < 4.78 is 34.5. The first-order chi connectivity index (χ1) is 9.98. The van der Waals surface area contributed by atoms with Crippen molar-refractivity contribution in [2.75, 3.05) is 4.90 Å². The zero-order valence-corrected chi connectivity index (χ0v) is 14.8. The van der Waals surface area contributed by atoms with E-state index in [1.54, 1.807) is 54.6 Å². The van der Waals surface area contributed by atoms with E-state index < -0.39 is 21.4 Å². The van der Waals surface area contributed by atoms with Crippen LogP contribution in [0.25, 0.3) is 0 Å². The second kappa shape index (κ2) is 6.52. The molecule has 0 aliphatic carbocycles. The van der Waals surface area contributed by atoms with Gasteiger partial charge in [-0.2, -0.15) is 0 Å². The molecule has 0 N–H and O–H groups in total. The SMILES string of the molecule is O=C(c1ccccc1)N1c2ccccc2CC1S(=O)(=O)[O-].[Na+]. The van der Waals surface area contributed by atoms with Gasteiger partial charge in [0.05, 0.1) is 0 Å². The van der Waals surface area contributed by atoms with Gasteiger partial charge in [-0.25, -0.2) is 8.42 Å². The predicted molar refractivity (Wildman–Crippen MR) is 76.9 cm³/mol. The Morgan fingerprint density at radius 2 is 1.64 bits per heavy atom. The van der Waals surface area contributed by atoms with E-state index in [2.05, 4.69) is 0 Å². The molecule has 1 unspecified atom stereocenters. The molecular weight excluding hydrogens is 313 g/mol. The minimum atomic E-state index is -4.62. The van der Waals surface area contributed by atoms with Crippen LogP contribution in [0.4, 0.5) is 5.69 Å². The van der Waals surface area contributed by atoms with Crippen LogP contribution >= 0.6 is 0 Å². The maximum absolute atomic E-state index is 12.6. The molecule has 3 rings (SSSR count). The molecule has 0 saturated heterocycles. The smallest absolute Gasteiger partial charge is 0.746 e. The van der Waals surface area contributed by atoms with Crippen LogP contribution in [0, 0.1) is 0 Å². The number of hydrogen-bond donors (Lipinski definition) is 0. The van der Waals surface area contributed by atoms with Crippen LogP contribution in [-0.2, 0) is 16.5 Å². The number of hydrogen-bond acceptors (Lipinski definition) is 4. The normalized spacial score (nSPS) is 16.8. The maximum atomic E-state index is 12.6. The summed E-state index contributed by atoms with van der Waals surface area (Å²) in [6.45, 7) is 0. The van der Waals surface area contributed by atoms with E-state index in [0.717, 1.165) is 4.90 Å². The number of carbonyl (C=O) groups is 1. The molecule has 1 heterocycles. The largest absolute Gasteiger partial charge is 1.00 e. The average molecular weight is 325 g/mol. The van der Waals surface area contributed by atoms with E-state index in [1.807, 2.05) is 0 Å². The van der Waals surface area contributed by atoms with Gasteiger partial charge in [-0.05, 0) is 23.8 Å². The number of fused-ring (bicyclic) bond motifs is 1. The van der Waals surface area contributed by atoms with Gasteiger partial charge in [-0.3, -0.25) is 9.69 Å². The van der Waals surface area contributed by atoms with Crippen LogP contribution in [0.2, 0.25) is 0 Å². The average Bonchev–Trinajstić information content (AvgIpc) is 2.87. The van der Waals surface area contributed by atoms with Crippen LogP contribution in [0.15, 0.2) is 54.6 Å². The topological polar surface area (TPSA) is 77.5 Å². The zero-order valence-electron chi connectivity index (χ0n) is 12.0. The molecule has 0 bridgehead atoms. The fourth-order valence-electron chi connectivity index (χ4n) is 2.54. The molecule has 0 radical (unpaired) electrons. The Hall–Kier alpha value is -1.18. The monoisotopic (exact) mass is 325 g/mol. The second-order valence-corrected chi connectivity index (χ2v) is 6.35. The number of para-hydroxylation sites is 1. The molecule has 1 aliphatic rings. The summed E-state index contributed by atoms with van der Waals surface area (Å²) in [6.07, 6.45) is 0.0284. The van der Waals surface area contributed by atoms with E-state index >= 15 is 0 Å². The third kappa shape index (κ3) is 3.11. The minimum absolute atomic E-state index is 0. The molecule has 1 aliphatic heterocycles. The number of carbonyl (C=O) groups excluding carboxylic acids is 1. The van der Waals surface area contributed by atoms with Crippen molar-refractivity contribution >= 4 is 21.7 Å². The van der Waals surface area contributed by atoms with Crippen molar-refractivity contribution in [1.29, 1.82) is 0 Å². The Morgan fingerprint density at radius 1 is 1.05 bits per heavy atom. The quantitative estimate of drug-likeness (QED) is 0.511. The van der Waals surface area contributed by atoms with Gasteiger partial charge in [0.2, 0.25) is 0 Å². The van der Waals surface area contributed by atoms with Gasteiger partial charge in [-0.1, -0.05) is 36.4 Å². The summed E-state index contributed by atoms with van der Waals surface area (Å²) >= 11 is 0. The first-order valence-corrected chi connectivity index (χ1v) is 7.87. The van der Waals surface area contributed by atoms with Crippen LogP contribution in [0.1, 0.15) is 15.9 Å². The van der Waals surface area contributed by atoms with E-state index in [1.165, 1.54) is 0 Å². The van der Waals surface area contributed by atoms with Crippen LogP contribution in [0.5, 0.6) is 0 Å². The molecule has 1 atom stereocenters. The minimum Gasteiger partial charge on any atom is -0.746 e. The molecule has 5 nitrogen and oxygen atoms in total. The van der Waals surface area contributed by atoms with Crippen LogP contribution < -0.4 is 34.5 Å². The number of anilines is 1. The molecule has 108 valence electrons. The van der Waals surface area contributed by atoms with Crippen molar-refractivity contribution in [2.24, 2.45) is 0 Å². The molecule has 0 saturated carbocycles. The first-order valence-electron chi connectivity index (χ1n) is 6.40. The molecule has 22 heavy (non-hydrogen) atoms. The van der Waals surface area contributed by atoms with Crippen molar-refractivity contribution in [3.05, 3.63) is 65.7 Å². The Balaban J connectivity index is 0.00000176. The Morgan fingerprint density at radius 3 is 2.27 bits per heavy atom. The molecule has 0 fully saturated rings. The predicted octanol–water partition coefficient (Wildman–Crippen LogP) is -1.24. The number of nitrogens with zero attached hydrogens (tertiary/aromatic N) is 1. The molecule has 1 amide bonds. The van der Waals surface area contributed by atoms with Gasteiger partial charge in [0.15, 0.2) is 0 Å². The summed E-state index contributed by atoms with van der Waals surface area (Å²) in [5.41, 5.74) is 1.52. The number of benzene rings is 2. The van der Waals surface area contributed by atoms with Gasteiger partial charge in [0.25, 0.3) is 5.91 Å². The fraction of sp³-hybridized carbons (Fsp3) is 0.133. The van der Waals surface area contributed by atoms with Crippen molar-refractivity contribution < 1.29 is 47.3 Å². The number of amides is 1. The van der Waals surface area contributed by atoms with Crippen molar-refractivity contribution in [1.82, 2.24) is 0 Å². The fourth-order valence-corrected chi connectivity index (χ4v) is 3.40. The van der Waals surface area contributed by atoms with E-state index in [4.69, 9.17) is 0 Å². The third-order valence-electron chi connectivity index (χ3n) is 3.51. The van der Waals surface area contributed by atoms with E-state index in [9.17, 15) is 17.8 Å². The molecule has 2 aromatic rings. The summed E-state index contributed by atoms with van der Waals surface area (Å²) in [5, 5.41) is -1.39. The molecule has 0 spiro atoms. The van der Waals surface area contributed by atoms with Gasteiger partial charge >= 0.3 is 29.6 Å². The molecule has 7 heteroatoms. The van der Waals surface area contributed by atoms with Gasteiger partial charge in [-0.15, -0.1) is 0 Å². The molecular formula is C15H12NNaO4S. The zero-order chi connectivity index (χ0) is 15.0. The second-order valence-electron chi connectivity index (χ2n) is 4.82. The Labute approximate surface area is 151 Å². The maximum Gasteiger partial charge on any atom is 1.00 e. The Kier molecular flexibility index (Phi) is 5.09. The van der Waals surface area contributed by atoms with E-state index in [-0.39, 0.29) is 36.0 Å². The summed E-state index contributed by atoms with van der Waals surface area (Å²) in [6, 6.07) is 15.2. The third-order valence-corrected chi connectivity index (χ3v) is 4.55. The van der Waals surface area contributed by atoms with Gasteiger partial charge < -0.3 is 4.55 Å². The summed E-state index contributed by atoms with van der Waals surface area (Å²) in [7, 11) is -4.62. The van der Waals surface area contributed by atoms with Gasteiger partial charge in [0.1, 0.15) is 15.5 Å². The molecule has 2 aromatic carbocycles. The van der Waals surface area contributed by atoms with E-state index in [0.29, 0.717) is 16.8 Å². The van der Waals surface area contributed by atoms with Crippen LogP contribution in [-0.4, -0.2) is 24.3 Å².